The highest BCUT2D eigenvalue weighted by Crippen LogP contribution is 2.36. The van der Waals surface area contributed by atoms with Crippen molar-refractivity contribution in [3.63, 3.8) is 0 Å². The van der Waals surface area contributed by atoms with Crippen LogP contribution in [-0.2, 0) is 11.2 Å². The Morgan fingerprint density at radius 1 is 1.23 bits per heavy atom. The maximum atomic E-state index is 11.9. The summed E-state index contributed by atoms with van der Waals surface area (Å²) in [6, 6.07) is 3.01. The lowest BCUT2D eigenvalue weighted by molar-refractivity contribution is -0.120. The maximum absolute atomic E-state index is 11.9. The highest BCUT2D eigenvalue weighted by Gasteiger charge is 2.12. The lowest BCUT2D eigenvalue weighted by Crippen LogP contribution is -2.30. The summed E-state index contributed by atoms with van der Waals surface area (Å²) in [4.78, 5) is 39.3. The number of aromatic hydroxyl groups is 1. The molecule has 0 unspecified atom stereocenters. The zero-order valence-corrected chi connectivity index (χ0v) is 14.4. The van der Waals surface area contributed by atoms with E-state index in [4.69, 9.17) is 9.47 Å². The van der Waals surface area contributed by atoms with Gasteiger partial charge in [0.15, 0.2) is 11.5 Å². The summed E-state index contributed by atoms with van der Waals surface area (Å²) in [5, 5.41) is 13.6. The molecule has 1 aromatic carbocycles. The van der Waals surface area contributed by atoms with Gasteiger partial charge >= 0.3 is 5.69 Å². The van der Waals surface area contributed by atoms with Crippen LogP contribution in [-0.4, -0.2) is 41.4 Å². The van der Waals surface area contributed by atoms with Gasteiger partial charge in [-0.05, 0) is 19.1 Å². The van der Waals surface area contributed by atoms with E-state index < -0.39 is 17.2 Å². The van der Waals surface area contributed by atoms with E-state index in [1.807, 2.05) is 0 Å². The second-order valence-corrected chi connectivity index (χ2v) is 5.26. The highest BCUT2D eigenvalue weighted by atomic mass is 16.5. The molecule has 138 valence electrons. The first-order valence-corrected chi connectivity index (χ1v) is 7.44. The largest absolute Gasteiger partial charge is 0.502 e. The molecule has 0 aliphatic heterocycles. The Morgan fingerprint density at radius 2 is 1.85 bits per heavy atom. The summed E-state index contributed by atoms with van der Waals surface area (Å²) >= 11 is 0. The molecule has 0 radical (unpaired) electrons. The van der Waals surface area contributed by atoms with Crippen molar-refractivity contribution in [3.05, 3.63) is 49.8 Å². The molecule has 26 heavy (non-hydrogen) atoms. The van der Waals surface area contributed by atoms with E-state index in [0.717, 1.165) is 0 Å². The monoisotopic (exact) mass is 362 g/mol. The van der Waals surface area contributed by atoms with Gasteiger partial charge in [-0.15, -0.1) is 0 Å². The predicted molar refractivity (Wildman–Crippen MR) is 93.1 cm³/mol. The molecule has 2 aromatic rings. The summed E-state index contributed by atoms with van der Waals surface area (Å²) in [5.74, 6) is -0.316. The molecule has 0 fully saturated rings. The number of aryl methyl sites for hydroxylation is 1. The van der Waals surface area contributed by atoms with Crippen LogP contribution in [0.4, 0.5) is 0 Å². The molecule has 0 aliphatic carbocycles. The van der Waals surface area contributed by atoms with Crippen molar-refractivity contribution < 1.29 is 19.4 Å². The van der Waals surface area contributed by atoms with Crippen LogP contribution in [0.25, 0.3) is 0 Å². The first kappa shape index (κ1) is 18.8. The third-order valence-corrected chi connectivity index (χ3v) is 3.50. The van der Waals surface area contributed by atoms with E-state index >= 15 is 0 Å². The molecule has 0 bridgehead atoms. The normalized spacial score (nSPS) is 10.7. The van der Waals surface area contributed by atoms with Crippen LogP contribution in [0.2, 0.25) is 0 Å². The Morgan fingerprint density at radius 3 is 2.38 bits per heavy atom. The number of nitrogens with one attached hydrogen (secondary N) is 3. The molecule has 2 rings (SSSR count). The molecule has 1 amide bonds. The first-order chi connectivity index (χ1) is 12.3. The quantitative estimate of drug-likeness (QED) is 0.413. The number of hydrogen-bond acceptors (Lipinski definition) is 7. The van der Waals surface area contributed by atoms with Gasteiger partial charge < -0.3 is 19.6 Å². The molecule has 0 aliphatic rings. The van der Waals surface area contributed by atoms with Crippen molar-refractivity contribution in [2.45, 2.75) is 13.3 Å². The highest BCUT2D eigenvalue weighted by molar-refractivity contribution is 5.84. The molecular formula is C16H18N4O6. The average Bonchev–Trinajstić information content (AvgIpc) is 2.59. The molecule has 0 spiro atoms. The summed E-state index contributed by atoms with van der Waals surface area (Å²) in [6.45, 7) is 1.53. The molecule has 10 nitrogen and oxygen atoms in total. The van der Waals surface area contributed by atoms with Gasteiger partial charge in [0, 0.05) is 16.8 Å². The van der Waals surface area contributed by atoms with Crippen molar-refractivity contribution in [1.82, 2.24) is 15.4 Å². The van der Waals surface area contributed by atoms with E-state index in [-0.39, 0.29) is 29.2 Å². The van der Waals surface area contributed by atoms with Crippen LogP contribution in [0.5, 0.6) is 17.2 Å². The van der Waals surface area contributed by atoms with Gasteiger partial charge in [0.05, 0.1) is 26.9 Å². The number of nitrogens with zero attached hydrogens (tertiary/aromatic N) is 1. The number of aromatic nitrogens is 2. The Hall–Kier alpha value is -3.56. The number of benzene rings is 1. The Bertz CT molecular complexity index is 935. The number of H-pyrrole nitrogens is 2. The van der Waals surface area contributed by atoms with Gasteiger partial charge in [0.25, 0.3) is 5.56 Å². The number of ether oxygens (including phenoxy) is 2. The van der Waals surface area contributed by atoms with Crippen molar-refractivity contribution >= 4 is 12.1 Å². The minimum absolute atomic E-state index is 0.144. The van der Waals surface area contributed by atoms with Gasteiger partial charge in [-0.1, -0.05) is 0 Å². The van der Waals surface area contributed by atoms with E-state index in [2.05, 4.69) is 20.5 Å². The van der Waals surface area contributed by atoms with Gasteiger partial charge in [0.2, 0.25) is 11.7 Å². The Balaban J connectivity index is 2.10. The smallest absolute Gasteiger partial charge is 0.325 e. The van der Waals surface area contributed by atoms with Crippen molar-refractivity contribution in [2.24, 2.45) is 5.10 Å². The molecule has 4 N–H and O–H groups in total. The topological polar surface area (TPSA) is 146 Å². The fourth-order valence-electron chi connectivity index (χ4n) is 2.21. The summed E-state index contributed by atoms with van der Waals surface area (Å²) in [7, 11) is 2.78. The number of methoxy groups -OCH3 is 2. The molecule has 0 saturated carbocycles. The second kappa shape index (κ2) is 8.01. The zero-order valence-electron chi connectivity index (χ0n) is 14.4. The van der Waals surface area contributed by atoms with Crippen molar-refractivity contribution in [1.29, 1.82) is 0 Å². The first-order valence-electron chi connectivity index (χ1n) is 7.44. The molecule has 10 heteroatoms. The minimum atomic E-state index is -0.634. The fraction of sp³-hybridized carbons (Fsp3) is 0.250. The third kappa shape index (κ3) is 4.29. The van der Waals surface area contributed by atoms with Gasteiger partial charge in [-0.25, -0.2) is 10.2 Å². The summed E-state index contributed by atoms with van der Waals surface area (Å²) in [6.07, 6.45) is 1.07. The molecule has 1 aromatic heterocycles. The third-order valence-electron chi connectivity index (χ3n) is 3.50. The predicted octanol–water partition coefficient (Wildman–Crippen LogP) is -0.213. The number of amides is 1. The van der Waals surface area contributed by atoms with Crippen LogP contribution in [0, 0.1) is 6.92 Å². The van der Waals surface area contributed by atoms with E-state index in [9.17, 15) is 19.5 Å². The maximum Gasteiger partial charge on any atom is 0.325 e. The number of rotatable bonds is 6. The number of carbonyl (C=O) groups excluding carboxylic acids is 1. The van der Waals surface area contributed by atoms with Crippen molar-refractivity contribution in [2.75, 3.05) is 14.2 Å². The minimum Gasteiger partial charge on any atom is -0.502 e. The Labute approximate surface area is 147 Å². The van der Waals surface area contributed by atoms with Crippen LogP contribution < -0.4 is 26.1 Å². The van der Waals surface area contributed by atoms with Crippen LogP contribution in [0.3, 0.4) is 0 Å². The van der Waals surface area contributed by atoms with Crippen LogP contribution in [0.15, 0.2) is 26.8 Å². The average molecular weight is 362 g/mol. The van der Waals surface area contributed by atoms with E-state index in [1.165, 1.54) is 39.5 Å². The van der Waals surface area contributed by atoms with Gasteiger partial charge in [-0.3, -0.25) is 14.6 Å². The second-order valence-electron chi connectivity index (χ2n) is 5.26. The number of hydrogen-bond donors (Lipinski definition) is 4. The van der Waals surface area contributed by atoms with Gasteiger partial charge in [-0.2, -0.15) is 5.10 Å². The molecule has 0 atom stereocenters. The summed E-state index contributed by atoms with van der Waals surface area (Å²) < 4.78 is 10.0. The Kier molecular flexibility index (Phi) is 5.78. The number of phenolic OH excluding ortho intramolecular Hbond substituents is 1. The lowest BCUT2D eigenvalue weighted by Gasteiger charge is -2.09. The fourth-order valence-corrected chi connectivity index (χ4v) is 2.21. The number of aromatic amines is 2. The summed E-state index contributed by atoms with van der Waals surface area (Å²) in [5.41, 5.74) is 1.98. The van der Waals surface area contributed by atoms with Crippen LogP contribution in [0.1, 0.15) is 16.8 Å². The lowest BCUT2D eigenvalue weighted by atomic mass is 10.1. The van der Waals surface area contributed by atoms with E-state index in [1.54, 1.807) is 0 Å². The number of hydrazone groups is 1. The number of phenols is 1. The molecule has 0 saturated heterocycles. The zero-order chi connectivity index (χ0) is 19.3. The standard InChI is InChI=1S/C16H18N4O6/c1-8-10(15(23)19-16(24)18-8)6-13(21)20-17-7-9-4-11(25-2)14(22)12(5-9)26-3/h4-5,7,22H,6H2,1-3H3,(H,20,21)(H2,18,19,23,24)/b17-7-. The molecule has 1 heterocycles. The SMILES string of the molecule is COc1cc(/C=N\NC(=O)Cc2c(C)[nH]c(=O)[nH]c2=O)cc(OC)c1O. The number of carbonyl (C=O) groups is 1. The van der Waals surface area contributed by atoms with Gasteiger partial charge in [0.1, 0.15) is 0 Å². The van der Waals surface area contributed by atoms with Crippen LogP contribution >= 0.6 is 0 Å². The van der Waals surface area contributed by atoms with E-state index in [0.29, 0.717) is 11.3 Å². The van der Waals surface area contributed by atoms with Crippen molar-refractivity contribution in [3.8, 4) is 17.2 Å². The molecular weight excluding hydrogens is 344 g/mol.